The van der Waals surface area contributed by atoms with Crippen molar-refractivity contribution in [1.82, 2.24) is 0 Å². The Labute approximate surface area is 391 Å². The van der Waals surface area contributed by atoms with Crippen LogP contribution in [-0.4, -0.2) is 6.71 Å². The first-order chi connectivity index (χ1) is 32.2. The van der Waals surface area contributed by atoms with Crippen molar-refractivity contribution in [3.8, 4) is 11.5 Å². The summed E-state index contributed by atoms with van der Waals surface area (Å²) in [7, 11) is 0. The van der Waals surface area contributed by atoms with E-state index in [9.17, 15) is 0 Å². The number of rotatable bonds is 7. The van der Waals surface area contributed by atoms with Crippen molar-refractivity contribution in [2.45, 2.75) is 41.5 Å². The zero-order valence-electron chi connectivity index (χ0n) is 38.1. The van der Waals surface area contributed by atoms with Crippen LogP contribution in [-0.2, 0) is 0 Å². The summed E-state index contributed by atoms with van der Waals surface area (Å²) in [4.78, 5) is 7.30. The lowest BCUT2D eigenvalue weighted by atomic mass is 9.34. The molecule has 2 aliphatic rings. The third-order valence-corrected chi connectivity index (χ3v) is 14.7. The van der Waals surface area contributed by atoms with Gasteiger partial charge < -0.3 is 19.4 Å². The van der Waals surface area contributed by atoms with Crippen LogP contribution in [0.15, 0.2) is 182 Å². The van der Waals surface area contributed by atoms with Gasteiger partial charge >= 0.3 is 0 Å². The van der Waals surface area contributed by atoms with Gasteiger partial charge in [-0.3, -0.25) is 0 Å². The van der Waals surface area contributed by atoms with Gasteiger partial charge in [0, 0.05) is 61.4 Å². The Morgan fingerprint density at radius 2 is 0.970 bits per heavy atom. The highest BCUT2D eigenvalue weighted by Crippen LogP contribution is 2.52. The highest BCUT2D eigenvalue weighted by Gasteiger charge is 2.44. The Morgan fingerprint density at radius 1 is 0.455 bits per heavy atom. The number of ether oxygens (including phenoxy) is 1. The molecule has 0 fully saturated rings. The molecule has 318 valence electrons. The van der Waals surface area contributed by atoms with Crippen LogP contribution < -0.4 is 35.8 Å². The van der Waals surface area contributed by atoms with Gasteiger partial charge in [-0.2, -0.15) is 0 Å². The molecule has 0 atom stereocenters. The molecule has 0 amide bonds. The highest BCUT2D eigenvalue weighted by molar-refractivity contribution is 7.26. The third-order valence-electron chi connectivity index (χ3n) is 13.5. The van der Waals surface area contributed by atoms with E-state index in [0.29, 0.717) is 0 Å². The summed E-state index contributed by atoms with van der Waals surface area (Å²) in [6.07, 6.45) is 0. The summed E-state index contributed by atoms with van der Waals surface area (Å²) in [5, 5.41) is 2.35. The SMILES string of the molecule is Cc1ccc(N(c2ccc(C)cc2)c2cc3c4c(c2)N(c2ccc(C)cc2)c2ccc(C)cc2B4c2cc(N(c4ccc(C)cc4)c4ccc(C)cc4)c4sc5ccccc5c4c2O3)cc1. The molecule has 0 saturated heterocycles. The zero-order valence-corrected chi connectivity index (χ0v) is 38.9. The van der Waals surface area contributed by atoms with Gasteiger partial charge in [0.25, 0.3) is 6.71 Å². The fraction of sp³-hybridized carbons (Fsp3) is 0.100. The van der Waals surface area contributed by atoms with E-state index in [1.807, 2.05) is 11.3 Å². The Hall–Kier alpha value is -7.54. The summed E-state index contributed by atoms with van der Waals surface area (Å²) in [6, 6.07) is 67.6. The molecule has 0 saturated carbocycles. The minimum absolute atomic E-state index is 0.128. The number of benzene rings is 9. The second kappa shape index (κ2) is 15.6. The van der Waals surface area contributed by atoms with Gasteiger partial charge in [0.2, 0.25) is 0 Å². The monoisotopic (exact) mass is 869 g/mol. The van der Waals surface area contributed by atoms with Crippen LogP contribution in [0.4, 0.5) is 51.2 Å². The van der Waals surface area contributed by atoms with Gasteiger partial charge in [-0.1, -0.05) is 124 Å². The average molecular weight is 870 g/mol. The Balaban J connectivity index is 1.19. The van der Waals surface area contributed by atoms with Gasteiger partial charge in [-0.25, -0.2) is 0 Å². The quantitative estimate of drug-likeness (QED) is 0.149. The summed E-state index contributed by atoms with van der Waals surface area (Å²) >= 11 is 1.85. The lowest BCUT2D eigenvalue weighted by molar-refractivity contribution is 0.493. The average Bonchev–Trinajstić information content (AvgIpc) is 3.72. The normalized spacial score (nSPS) is 12.5. The Kier molecular flexibility index (Phi) is 9.44. The van der Waals surface area contributed by atoms with Crippen LogP contribution in [0.3, 0.4) is 0 Å². The highest BCUT2D eigenvalue weighted by atomic mass is 32.1. The molecule has 0 N–H and O–H groups in total. The first-order valence-electron chi connectivity index (χ1n) is 22.8. The van der Waals surface area contributed by atoms with Crippen molar-refractivity contribution >= 4 is 106 Å². The second-order valence-corrected chi connectivity index (χ2v) is 19.3. The van der Waals surface area contributed by atoms with Gasteiger partial charge in [0.05, 0.1) is 16.1 Å². The molecule has 0 bridgehead atoms. The first kappa shape index (κ1) is 40.0. The van der Waals surface area contributed by atoms with Crippen molar-refractivity contribution < 1.29 is 4.74 Å². The van der Waals surface area contributed by atoms with Gasteiger partial charge in [-0.05, 0) is 143 Å². The van der Waals surface area contributed by atoms with E-state index in [2.05, 4.69) is 238 Å². The Bertz CT molecular complexity index is 3410. The van der Waals surface area contributed by atoms with Crippen LogP contribution in [0, 0.1) is 41.5 Å². The molecular weight excluding hydrogens is 822 g/mol. The van der Waals surface area contributed by atoms with E-state index in [-0.39, 0.29) is 6.71 Å². The van der Waals surface area contributed by atoms with Crippen LogP contribution in [0.1, 0.15) is 33.4 Å². The largest absolute Gasteiger partial charge is 0.458 e. The first-order valence-corrected chi connectivity index (χ1v) is 23.7. The lowest BCUT2D eigenvalue weighted by Gasteiger charge is -2.41. The standard InChI is InChI=1S/C60H48BN3OS/c1-37-11-22-43(23-12-37)62(44-24-13-38(2)14-25-44)48-34-53-58-55(35-48)65-59-51(61(58)50-33-42(6)21-32-52(50)64(53)47-30-19-41(5)20-31-47)36-54(60-57(59)49-9-7-8-10-56(49)66-60)63(45-26-15-39(3)16-27-45)46-28-17-40(4)18-29-46/h7-36H,1-6H3. The molecule has 10 aromatic rings. The van der Waals surface area contributed by atoms with Crippen molar-refractivity contribution in [3.05, 3.63) is 215 Å². The van der Waals surface area contributed by atoms with Crippen molar-refractivity contribution in [3.63, 3.8) is 0 Å². The number of nitrogens with zero attached hydrogens (tertiary/aromatic N) is 3. The maximum Gasteiger partial charge on any atom is 0.256 e. The maximum atomic E-state index is 7.67. The molecule has 0 aliphatic carbocycles. The zero-order chi connectivity index (χ0) is 44.8. The molecule has 3 heterocycles. The molecular formula is C60H48BN3OS. The predicted molar refractivity (Wildman–Crippen MR) is 283 cm³/mol. The van der Waals surface area contributed by atoms with Crippen molar-refractivity contribution in [2.75, 3.05) is 14.7 Å². The molecule has 0 unspecified atom stereocenters. The molecule has 6 heteroatoms. The molecule has 2 aliphatic heterocycles. The van der Waals surface area contributed by atoms with Gasteiger partial charge in [-0.15, -0.1) is 11.3 Å². The van der Waals surface area contributed by atoms with E-state index in [1.165, 1.54) is 64.8 Å². The predicted octanol–water partition coefficient (Wildman–Crippen LogP) is 15.2. The molecule has 66 heavy (non-hydrogen) atoms. The van der Waals surface area contributed by atoms with Crippen LogP contribution >= 0.6 is 11.3 Å². The molecule has 4 nitrogen and oxygen atoms in total. The lowest BCUT2D eigenvalue weighted by Crippen LogP contribution is -2.59. The van der Waals surface area contributed by atoms with Gasteiger partial charge in [0.1, 0.15) is 11.5 Å². The molecule has 12 rings (SSSR count). The van der Waals surface area contributed by atoms with Crippen LogP contribution in [0.5, 0.6) is 11.5 Å². The minimum atomic E-state index is -0.128. The summed E-state index contributed by atoms with van der Waals surface area (Å²) < 4.78 is 10.1. The maximum absolute atomic E-state index is 7.67. The number of aryl methyl sites for hydroxylation is 6. The van der Waals surface area contributed by atoms with Crippen LogP contribution in [0.25, 0.3) is 20.2 Å². The second-order valence-electron chi connectivity index (χ2n) is 18.3. The van der Waals surface area contributed by atoms with E-state index in [4.69, 9.17) is 4.74 Å². The fourth-order valence-electron chi connectivity index (χ4n) is 10.1. The van der Waals surface area contributed by atoms with Crippen LogP contribution in [0.2, 0.25) is 0 Å². The minimum Gasteiger partial charge on any atom is -0.458 e. The summed E-state index contributed by atoms with van der Waals surface area (Å²) in [5.74, 6) is 1.79. The van der Waals surface area contributed by atoms with E-state index in [1.54, 1.807) is 0 Å². The summed E-state index contributed by atoms with van der Waals surface area (Å²) in [6.45, 7) is 12.9. The van der Waals surface area contributed by atoms with E-state index in [0.717, 1.165) is 67.8 Å². The molecule has 9 aromatic carbocycles. The van der Waals surface area contributed by atoms with E-state index < -0.39 is 0 Å². The Morgan fingerprint density at radius 3 is 1.55 bits per heavy atom. The molecule has 0 radical (unpaired) electrons. The number of thiophene rings is 1. The van der Waals surface area contributed by atoms with Crippen molar-refractivity contribution in [1.29, 1.82) is 0 Å². The number of hydrogen-bond acceptors (Lipinski definition) is 5. The fourth-order valence-corrected chi connectivity index (χ4v) is 11.3. The smallest absolute Gasteiger partial charge is 0.256 e. The topological polar surface area (TPSA) is 19.0 Å². The van der Waals surface area contributed by atoms with E-state index >= 15 is 0 Å². The third kappa shape index (κ3) is 6.58. The number of fused-ring (bicyclic) bond motifs is 8. The number of hydrogen-bond donors (Lipinski definition) is 0. The van der Waals surface area contributed by atoms with Crippen molar-refractivity contribution in [2.24, 2.45) is 0 Å². The van der Waals surface area contributed by atoms with Gasteiger partial charge in [0.15, 0.2) is 0 Å². The number of anilines is 9. The molecule has 0 spiro atoms. The summed E-state index contributed by atoms with van der Waals surface area (Å²) in [5.41, 5.74) is 20.9. The molecule has 1 aromatic heterocycles.